The van der Waals surface area contributed by atoms with E-state index in [-0.39, 0.29) is 11.0 Å². The van der Waals surface area contributed by atoms with Gasteiger partial charge in [-0.05, 0) is 45.4 Å². The summed E-state index contributed by atoms with van der Waals surface area (Å²) < 4.78 is 16.2. The summed E-state index contributed by atoms with van der Waals surface area (Å²) in [4.78, 5) is 27.9. The molecule has 0 aliphatic carbocycles. The van der Waals surface area contributed by atoms with Crippen molar-refractivity contribution in [2.45, 2.75) is 38.2 Å². The molecule has 0 amide bonds. The number of carbonyl (C=O) groups excluding carboxylic acids is 2. The zero-order valence-electron chi connectivity index (χ0n) is 17.4. The maximum absolute atomic E-state index is 12.9. The highest BCUT2D eigenvalue weighted by molar-refractivity contribution is 8.00. The number of thioether (sulfide) groups is 1. The smallest absolute Gasteiger partial charge is 0.339 e. The minimum atomic E-state index is -0.511. The molecule has 0 fully saturated rings. The van der Waals surface area contributed by atoms with Crippen LogP contribution in [0.2, 0.25) is 0 Å². The topological polar surface area (TPSA) is 107 Å². The largest absolute Gasteiger partial charge is 0.493 e. The van der Waals surface area contributed by atoms with Crippen LogP contribution in [0.4, 0.5) is 0 Å². The Morgan fingerprint density at radius 2 is 1.97 bits per heavy atom. The van der Waals surface area contributed by atoms with E-state index >= 15 is 0 Å². The Labute approximate surface area is 178 Å². The molecule has 2 heterocycles. The highest BCUT2D eigenvalue weighted by atomic mass is 32.2. The minimum absolute atomic E-state index is 0.176. The maximum Gasteiger partial charge on any atom is 0.339 e. The van der Waals surface area contributed by atoms with Crippen LogP contribution in [0.5, 0.6) is 5.75 Å². The summed E-state index contributed by atoms with van der Waals surface area (Å²) in [5.74, 6) is 0.318. The van der Waals surface area contributed by atoms with E-state index in [4.69, 9.17) is 13.9 Å². The lowest BCUT2D eigenvalue weighted by Crippen LogP contribution is -2.15. The van der Waals surface area contributed by atoms with Gasteiger partial charge >= 0.3 is 5.97 Å². The van der Waals surface area contributed by atoms with Gasteiger partial charge in [0.05, 0.1) is 35.8 Å². The fraction of sp³-hybridized carbons (Fsp3) is 0.333. The summed E-state index contributed by atoms with van der Waals surface area (Å²) in [7, 11) is 1.31. The third-order valence-electron chi connectivity index (χ3n) is 4.54. The Morgan fingerprint density at radius 3 is 2.67 bits per heavy atom. The number of benzene rings is 1. The molecule has 1 aromatic carbocycles. The Morgan fingerprint density at radius 1 is 1.23 bits per heavy atom. The lowest BCUT2D eigenvalue weighted by molar-refractivity contribution is 0.0599. The van der Waals surface area contributed by atoms with Gasteiger partial charge in [0.2, 0.25) is 0 Å². The number of aromatic nitrogens is 3. The second kappa shape index (κ2) is 9.17. The van der Waals surface area contributed by atoms with Crippen molar-refractivity contribution in [3.63, 3.8) is 0 Å². The van der Waals surface area contributed by atoms with Crippen LogP contribution in [-0.2, 0) is 4.74 Å². The molecule has 0 spiro atoms. The molecule has 1 unspecified atom stereocenters. The molecule has 0 saturated heterocycles. The summed E-state index contributed by atoms with van der Waals surface area (Å²) in [6.45, 7) is 7.61. The molecule has 0 aliphatic heterocycles. The van der Waals surface area contributed by atoms with Gasteiger partial charge in [-0.15, -0.1) is 10.2 Å². The van der Waals surface area contributed by atoms with Crippen molar-refractivity contribution in [3.05, 3.63) is 46.8 Å². The van der Waals surface area contributed by atoms with Crippen molar-refractivity contribution in [3.8, 4) is 17.2 Å². The normalized spacial score (nSPS) is 11.9. The molecule has 1 N–H and O–H groups in total. The number of hydrogen-bond donors (Lipinski definition) is 1. The van der Waals surface area contributed by atoms with Crippen LogP contribution >= 0.6 is 11.8 Å². The van der Waals surface area contributed by atoms with E-state index in [1.807, 2.05) is 31.2 Å². The van der Waals surface area contributed by atoms with Crippen LogP contribution in [0.1, 0.15) is 46.0 Å². The van der Waals surface area contributed by atoms with Crippen LogP contribution in [0.25, 0.3) is 11.5 Å². The molecular formula is C21H23N3O5S. The van der Waals surface area contributed by atoms with Crippen LogP contribution in [-0.4, -0.2) is 45.9 Å². The first-order chi connectivity index (χ1) is 14.4. The van der Waals surface area contributed by atoms with Gasteiger partial charge in [0.15, 0.2) is 5.78 Å². The second-order valence-electron chi connectivity index (χ2n) is 6.54. The quantitative estimate of drug-likeness (QED) is 0.322. The molecule has 1 atom stereocenters. The molecule has 2 aromatic heterocycles. The number of ether oxygens (including phenoxy) is 2. The van der Waals surface area contributed by atoms with Crippen LogP contribution in [0, 0.1) is 13.8 Å². The number of aromatic amines is 1. The molecule has 30 heavy (non-hydrogen) atoms. The van der Waals surface area contributed by atoms with E-state index in [0.717, 1.165) is 11.8 Å². The van der Waals surface area contributed by atoms with Crippen LogP contribution < -0.4 is 4.74 Å². The van der Waals surface area contributed by atoms with Gasteiger partial charge in [-0.3, -0.25) is 4.79 Å². The number of hydrogen-bond acceptors (Lipinski definition) is 8. The molecule has 158 valence electrons. The minimum Gasteiger partial charge on any atom is -0.493 e. The van der Waals surface area contributed by atoms with Gasteiger partial charge < -0.3 is 18.9 Å². The van der Waals surface area contributed by atoms with Gasteiger partial charge in [-0.25, -0.2) is 4.79 Å². The molecule has 3 rings (SSSR count). The van der Waals surface area contributed by atoms with Gasteiger partial charge in [0.1, 0.15) is 5.75 Å². The number of methoxy groups -OCH3 is 1. The summed E-state index contributed by atoms with van der Waals surface area (Å²) in [5, 5.41) is 7.90. The van der Waals surface area contributed by atoms with Gasteiger partial charge in [-0.1, -0.05) is 23.9 Å². The van der Waals surface area contributed by atoms with Gasteiger partial charge in [0.25, 0.3) is 11.1 Å². The Bertz CT molecular complexity index is 1070. The summed E-state index contributed by atoms with van der Waals surface area (Å²) >= 11 is 1.15. The van der Waals surface area contributed by atoms with Crippen molar-refractivity contribution in [2.24, 2.45) is 0 Å². The second-order valence-corrected chi connectivity index (χ2v) is 7.84. The zero-order valence-corrected chi connectivity index (χ0v) is 18.3. The average molecular weight is 429 g/mol. The first-order valence-electron chi connectivity index (χ1n) is 9.41. The van der Waals surface area contributed by atoms with Crippen molar-refractivity contribution in [1.82, 2.24) is 15.2 Å². The predicted octanol–water partition coefficient (Wildman–Crippen LogP) is 4.23. The average Bonchev–Trinajstić information content (AvgIpc) is 3.31. The summed E-state index contributed by atoms with van der Waals surface area (Å²) in [5.41, 5.74) is 2.59. The van der Waals surface area contributed by atoms with Crippen molar-refractivity contribution in [2.75, 3.05) is 13.7 Å². The third kappa shape index (κ3) is 4.25. The molecule has 0 radical (unpaired) electrons. The van der Waals surface area contributed by atoms with E-state index < -0.39 is 11.2 Å². The number of ketones is 1. The van der Waals surface area contributed by atoms with E-state index in [2.05, 4.69) is 15.2 Å². The number of carbonyl (C=O) groups is 2. The summed E-state index contributed by atoms with van der Waals surface area (Å²) in [6.07, 6.45) is 0. The lowest BCUT2D eigenvalue weighted by atomic mass is 10.1. The highest BCUT2D eigenvalue weighted by Gasteiger charge is 2.27. The number of rotatable bonds is 8. The third-order valence-corrected chi connectivity index (χ3v) is 5.48. The first-order valence-corrected chi connectivity index (χ1v) is 10.3. The zero-order chi connectivity index (χ0) is 21.8. The Balaban J connectivity index is 1.79. The molecule has 8 nitrogen and oxygen atoms in total. The number of aryl methyl sites for hydroxylation is 1. The lowest BCUT2D eigenvalue weighted by Gasteiger charge is -2.08. The summed E-state index contributed by atoms with van der Waals surface area (Å²) in [6, 6.07) is 7.39. The van der Waals surface area contributed by atoms with Crippen molar-refractivity contribution >= 4 is 23.5 Å². The monoisotopic (exact) mass is 429 g/mol. The Hall–Kier alpha value is -3.07. The number of para-hydroxylation sites is 1. The number of nitrogens with zero attached hydrogens (tertiary/aromatic N) is 2. The Kier molecular flexibility index (Phi) is 6.61. The van der Waals surface area contributed by atoms with Gasteiger partial charge in [0, 0.05) is 5.69 Å². The highest BCUT2D eigenvalue weighted by Crippen LogP contribution is 2.33. The van der Waals surface area contributed by atoms with E-state index in [9.17, 15) is 9.59 Å². The van der Waals surface area contributed by atoms with Crippen molar-refractivity contribution in [1.29, 1.82) is 0 Å². The van der Waals surface area contributed by atoms with E-state index in [0.29, 0.717) is 46.3 Å². The fourth-order valence-electron chi connectivity index (χ4n) is 3.10. The van der Waals surface area contributed by atoms with E-state index in [1.54, 1.807) is 20.8 Å². The molecule has 3 aromatic rings. The standard InChI is InChI=1S/C21H23N3O5S/c1-6-28-15-10-8-7-9-14(15)19-23-24-21(29-19)30-13(4)18(25)17-11(2)16(12(3)22-17)20(26)27-5/h7-10,13,22H,6H2,1-5H3. The number of esters is 1. The number of nitrogens with one attached hydrogen (secondary N) is 1. The maximum atomic E-state index is 12.9. The predicted molar refractivity (Wildman–Crippen MR) is 112 cm³/mol. The van der Waals surface area contributed by atoms with E-state index in [1.165, 1.54) is 7.11 Å². The molecule has 0 aliphatic rings. The van der Waals surface area contributed by atoms with Gasteiger partial charge in [-0.2, -0.15) is 0 Å². The molecular weight excluding hydrogens is 406 g/mol. The molecule has 0 bridgehead atoms. The van der Waals surface area contributed by atoms with Crippen LogP contribution in [0.3, 0.4) is 0 Å². The molecule has 0 saturated carbocycles. The van der Waals surface area contributed by atoms with Crippen molar-refractivity contribution < 1.29 is 23.5 Å². The molecule has 9 heteroatoms. The number of Topliss-reactive ketones (excluding diaryl/α,β-unsaturated/α-hetero) is 1. The number of H-pyrrole nitrogens is 1. The fourth-order valence-corrected chi connectivity index (χ4v) is 3.85. The SMILES string of the molecule is CCOc1ccccc1-c1nnc(SC(C)C(=O)c2[nH]c(C)c(C(=O)OC)c2C)o1. The first kappa shape index (κ1) is 21.6. The van der Waals surface area contributed by atoms with Crippen LogP contribution in [0.15, 0.2) is 33.9 Å².